The molecule has 0 bridgehead atoms. The molecule has 0 radical (unpaired) electrons. The van der Waals surface area contributed by atoms with E-state index in [1.807, 2.05) is 19.1 Å². The molecular formula is C14H19ClN2O3. The fraction of sp³-hybridized carbons (Fsp3) is 0.500. The molecule has 1 aromatic carbocycles. The highest BCUT2D eigenvalue weighted by molar-refractivity contribution is 6.32. The lowest BCUT2D eigenvalue weighted by Crippen LogP contribution is -2.49. The van der Waals surface area contributed by atoms with Crippen molar-refractivity contribution in [2.45, 2.75) is 19.1 Å². The van der Waals surface area contributed by atoms with Gasteiger partial charge in [-0.3, -0.25) is 4.79 Å². The molecule has 1 aromatic rings. The van der Waals surface area contributed by atoms with Gasteiger partial charge < -0.3 is 20.1 Å². The van der Waals surface area contributed by atoms with Crippen LogP contribution >= 0.6 is 11.6 Å². The highest BCUT2D eigenvalue weighted by atomic mass is 35.5. The number of amides is 1. The van der Waals surface area contributed by atoms with Gasteiger partial charge in [0.2, 0.25) is 0 Å². The largest absolute Gasteiger partial charge is 0.487 e. The van der Waals surface area contributed by atoms with Crippen molar-refractivity contribution in [3.8, 4) is 5.75 Å². The number of ether oxygens (including phenoxy) is 2. The van der Waals surface area contributed by atoms with Crippen LogP contribution < -0.4 is 15.4 Å². The number of nitrogens with one attached hydrogen (secondary N) is 2. The minimum absolute atomic E-state index is 0.119. The van der Waals surface area contributed by atoms with Gasteiger partial charge in [0, 0.05) is 13.1 Å². The molecule has 1 aliphatic rings. The highest BCUT2D eigenvalue weighted by Crippen LogP contribution is 2.23. The summed E-state index contributed by atoms with van der Waals surface area (Å²) in [7, 11) is 0. The predicted molar refractivity (Wildman–Crippen MR) is 77.2 cm³/mol. The van der Waals surface area contributed by atoms with E-state index < -0.39 is 6.10 Å². The Labute approximate surface area is 123 Å². The Bertz CT molecular complexity index is 450. The summed E-state index contributed by atoms with van der Waals surface area (Å²) in [5.41, 5.74) is 0. The number of para-hydroxylation sites is 1. The third kappa shape index (κ3) is 4.37. The molecule has 2 N–H and O–H groups in total. The summed E-state index contributed by atoms with van der Waals surface area (Å²) in [6.07, 6.45) is -0.591. The van der Waals surface area contributed by atoms with Crippen molar-refractivity contribution >= 4 is 17.5 Å². The molecule has 0 saturated carbocycles. The number of halogens is 1. The first kappa shape index (κ1) is 15.1. The van der Waals surface area contributed by atoms with Crippen LogP contribution in [0, 0.1) is 0 Å². The third-order valence-electron chi connectivity index (χ3n) is 2.95. The van der Waals surface area contributed by atoms with Crippen LogP contribution in [0.25, 0.3) is 0 Å². The molecule has 1 heterocycles. The summed E-state index contributed by atoms with van der Waals surface area (Å²) in [5.74, 6) is 0.498. The standard InChI is InChI=1S/C14H19ClN2O3/c1-10(20-12-5-3-2-4-11(12)15)8-17-14(18)13-9-16-6-7-19-13/h2-5,10,13,16H,6-9H2,1H3,(H,17,18). The van der Waals surface area contributed by atoms with Crippen molar-refractivity contribution in [1.82, 2.24) is 10.6 Å². The maximum atomic E-state index is 11.9. The van der Waals surface area contributed by atoms with Crippen LogP contribution in [0.15, 0.2) is 24.3 Å². The van der Waals surface area contributed by atoms with E-state index in [-0.39, 0.29) is 12.0 Å². The van der Waals surface area contributed by atoms with Gasteiger partial charge in [0.25, 0.3) is 5.91 Å². The van der Waals surface area contributed by atoms with Gasteiger partial charge in [0.15, 0.2) is 0 Å². The van der Waals surface area contributed by atoms with Gasteiger partial charge >= 0.3 is 0 Å². The Morgan fingerprint density at radius 1 is 1.60 bits per heavy atom. The van der Waals surface area contributed by atoms with Crippen LogP contribution in [0.4, 0.5) is 0 Å². The summed E-state index contributed by atoms with van der Waals surface area (Å²) in [4.78, 5) is 11.9. The maximum Gasteiger partial charge on any atom is 0.250 e. The molecule has 20 heavy (non-hydrogen) atoms. The Morgan fingerprint density at radius 3 is 3.10 bits per heavy atom. The monoisotopic (exact) mass is 298 g/mol. The number of hydrogen-bond acceptors (Lipinski definition) is 4. The topological polar surface area (TPSA) is 59.6 Å². The van der Waals surface area contributed by atoms with Crippen LogP contribution in [-0.4, -0.2) is 44.4 Å². The Kier molecular flexibility index (Phi) is 5.64. The lowest BCUT2D eigenvalue weighted by Gasteiger charge is -2.23. The molecule has 1 aliphatic heterocycles. The molecule has 0 aliphatic carbocycles. The fourth-order valence-corrected chi connectivity index (χ4v) is 2.07. The zero-order valence-corrected chi connectivity index (χ0v) is 12.2. The second kappa shape index (κ2) is 7.47. The minimum atomic E-state index is -0.420. The number of morpholine rings is 1. The predicted octanol–water partition coefficient (Wildman–Crippen LogP) is 1.21. The summed E-state index contributed by atoms with van der Waals surface area (Å²) in [6.45, 7) is 4.18. The van der Waals surface area contributed by atoms with Crippen LogP contribution in [0.5, 0.6) is 5.75 Å². The quantitative estimate of drug-likeness (QED) is 0.858. The van der Waals surface area contributed by atoms with E-state index in [2.05, 4.69) is 10.6 Å². The van der Waals surface area contributed by atoms with Crippen LogP contribution in [0.2, 0.25) is 5.02 Å². The normalized spacial score (nSPS) is 20.2. The second-order valence-corrected chi connectivity index (χ2v) is 5.07. The molecule has 110 valence electrons. The van der Waals surface area contributed by atoms with Crippen LogP contribution in [0.3, 0.4) is 0 Å². The van der Waals surface area contributed by atoms with E-state index in [9.17, 15) is 4.79 Å². The average Bonchev–Trinajstić information content (AvgIpc) is 2.48. The molecule has 0 aromatic heterocycles. The van der Waals surface area contributed by atoms with Crippen LogP contribution in [-0.2, 0) is 9.53 Å². The first-order valence-corrected chi connectivity index (χ1v) is 7.06. The first-order chi connectivity index (χ1) is 9.66. The van der Waals surface area contributed by atoms with Gasteiger partial charge in [-0.25, -0.2) is 0 Å². The summed E-state index contributed by atoms with van der Waals surface area (Å²) >= 11 is 6.01. The van der Waals surface area contributed by atoms with Gasteiger partial charge in [0.1, 0.15) is 18.0 Å². The van der Waals surface area contributed by atoms with Crippen molar-refractivity contribution in [2.75, 3.05) is 26.2 Å². The molecule has 1 saturated heterocycles. The first-order valence-electron chi connectivity index (χ1n) is 6.68. The van der Waals surface area contributed by atoms with E-state index in [0.29, 0.717) is 30.5 Å². The molecule has 6 heteroatoms. The maximum absolute atomic E-state index is 11.9. The zero-order valence-electron chi connectivity index (χ0n) is 11.4. The SMILES string of the molecule is CC(CNC(=O)C1CNCCO1)Oc1ccccc1Cl. The summed E-state index contributed by atoms with van der Waals surface area (Å²) < 4.78 is 11.1. The number of rotatable bonds is 5. The minimum Gasteiger partial charge on any atom is -0.487 e. The Balaban J connectivity index is 1.76. The number of hydrogen-bond donors (Lipinski definition) is 2. The van der Waals surface area contributed by atoms with E-state index in [0.717, 1.165) is 6.54 Å². The van der Waals surface area contributed by atoms with E-state index >= 15 is 0 Å². The molecule has 2 rings (SSSR count). The summed E-state index contributed by atoms with van der Waals surface area (Å²) in [6, 6.07) is 7.27. The molecule has 2 unspecified atom stereocenters. The Hall–Kier alpha value is -1.30. The van der Waals surface area contributed by atoms with Crippen molar-refractivity contribution in [3.05, 3.63) is 29.3 Å². The zero-order chi connectivity index (χ0) is 14.4. The summed E-state index contributed by atoms with van der Waals surface area (Å²) in [5, 5.41) is 6.50. The van der Waals surface area contributed by atoms with Crippen LogP contribution in [0.1, 0.15) is 6.92 Å². The molecular weight excluding hydrogens is 280 g/mol. The molecule has 1 fully saturated rings. The number of carbonyl (C=O) groups excluding carboxylic acids is 1. The van der Waals surface area contributed by atoms with Crippen molar-refractivity contribution in [3.63, 3.8) is 0 Å². The van der Waals surface area contributed by atoms with Gasteiger partial charge in [-0.05, 0) is 19.1 Å². The van der Waals surface area contributed by atoms with Crippen molar-refractivity contribution in [1.29, 1.82) is 0 Å². The third-order valence-corrected chi connectivity index (χ3v) is 3.26. The lowest BCUT2D eigenvalue weighted by atomic mass is 10.2. The highest BCUT2D eigenvalue weighted by Gasteiger charge is 2.21. The van der Waals surface area contributed by atoms with Gasteiger partial charge in [0.05, 0.1) is 18.2 Å². The fourth-order valence-electron chi connectivity index (χ4n) is 1.89. The molecule has 0 spiro atoms. The van der Waals surface area contributed by atoms with Crippen molar-refractivity contribution < 1.29 is 14.3 Å². The van der Waals surface area contributed by atoms with Gasteiger partial charge in [-0.1, -0.05) is 23.7 Å². The van der Waals surface area contributed by atoms with Gasteiger partial charge in [-0.2, -0.15) is 0 Å². The van der Waals surface area contributed by atoms with Crippen molar-refractivity contribution in [2.24, 2.45) is 0 Å². The van der Waals surface area contributed by atoms with Gasteiger partial charge in [-0.15, -0.1) is 0 Å². The smallest absolute Gasteiger partial charge is 0.250 e. The lowest BCUT2D eigenvalue weighted by molar-refractivity contribution is -0.134. The van der Waals surface area contributed by atoms with E-state index in [1.165, 1.54) is 0 Å². The van der Waals surface area contributed by atoms with E-state index in [1.54, 1.807) is 12.1 Å². The average molecular weight is 299 g/mol. The molecule has 5 nitrogen and oxygen atoms in total. The number of carbonyl (C=O) groups is 1. The molecule has 2 atom stereocenters. The van der Waals surface area contributed by atoms with E-state index in [4.69, 9.17) is 21.1 Å². The second-order valence-electron chi connectivity index (χ2n) is 4.67. The number of benzene rings is 1. The Morgan fingerprint density at radius 2 is 2.40 bits per heavy atom. The molecule has 1 amide bonds.